The lowest BCUT2D eigenvalue weighted by Gasteiger charge is -2.19. The van der Waals surface area contributed by atoms with Gasteiger partial charge in [0.2, 0.25) is 0 Å². The topological polar surface area (TPSA) is 42.5 Å². The molecule has 0 amide bonds. The van der Waals surface area contributed by atoms with Gasteiger partial charge in [-0.05, 0) is 87.8 Å². The number of thiocarbonyl (C=S) groups is 1. The van der Waals surface area contributed by atoms with Gasteiger partial charge < -0.3 is 20.1 Å². The van der Waals surface area contributed by atoms with Crippen LogP contribution in [0.2, 0.25) is 0 Å². The number of hydrogen-bond donors (Lipinski definition) is 2. The first-order valence-corrected chi connectivity index (χ1v) is 9.39. The zero-order chi connectivity index (χ0) is 19.1. The van der Waals surface area contributed by atoms with Gasteiger partial charge in [0.15, 0.2) is 16.6 Å². The SMILES string of the molecule is CCOc1ccc(C(C)NC(=S)Nc2cc(C)cc(C)c2)cc1OCC. The average molecular weight is 373 g/mol. The molecule has 0 bridgehead atoms. The minimum Gasteiger partial charge on any atom is -0.490 e. The maximum absolute atomic E-state index is 5.71. The Hall–Kier alpha value is -2.27. The van der Waals surface area contributed by atoms with Crippen LogP contribution < -0.4 is 20.1 Å². The van der Waals surface area contributed by atoms with Crippen LogP contribution in [0.25, 0.3) is 0 Å². The zero-order valence-electron chi connectivity index (χ0n) is 16.2. The molecule has 1 atom stereocenters. The summed E-state index contributed by atoms with van der Waals surface area (Å²) in [5, 5.41) is 7.18. The van der Waals surface area contributed by atoms with E-state index < -0.39 is 0 Å². The Bertz CT molecular complexity index is 741. The fourth-order valence-electron chi connectivity index (χ4n) is 2.83. The highest BCUT2D eigenvalue weighted by atomic mass is 32.1. The van der Waals surface area contributed by atoms with Crippen LogP contribution in [0.5, 0.6) is 11.5 Å². The molecule has 0 aliphatic rings. The molecule has 0 saturated heterocycles. The second-order valence-corrected chi connectivity index (χ2v) is 6.68. The van der Waals surface area contributed by atoms with Crippen LogP contribution in [-0.2, 0) is 0 Å². The predicted molar refractivity (Wildman–Crippen MR) is 112 cm³/mol. The average Bonchev–Trinajstić information content (AvgIpc) is 2.55. The molecule has 0 saturated carbocycles. The van der Waals surface area contributed by atoms with Gasteiger partial charge in [0.1, 0.15) is 0 Å². The van der Waals surface area contributed by atoms with Crippen LogP contribution >= 0.6 is 12.2 Å². The van der Waals surface area contributed by atoms with Crippen molar-refractivity contribution in [3.63, 3.8) is 0 Å². The number of nitrogens with one attached hydrogen (secondary N) is 2. The van der Waals surface area contributed by atoms with E-state index in [0.29, 0.717) is 18.3 Å². The Morgan fingerprint density at radius 1 is 0.962 bits per heavy atom. The third-order valence-corrected chi connectivity index (χ3v) is 4.11. The number of benzene rings is 2. The molecule has 0 aliphatic heterocycles. The van der Waals surface area contributed by atoms with Crippen molar-refractivity contribution in [1.29, 1.82) is 0 Å². The molecule has 2 rings (SSSR count). The highest BCUT2D eigenvalue weighted by Crippen LogP contribution is 2.30. The second kappa shape index (κ2) is 9.43. The summed E-state index contributed by atoms with van der Waals surface area (Å²) in [6, 6.07) is 12.3. The maximum atomic E-state index is 5.71. The minimum atomic E-state index is 0.0378. The van der Waals surface area contributed by atoms with Crippen LogP contribution in [0.3, 0.4) is 0 Å². The fourth-order valence-corrected chi connectivity index (χ4v) is 3.13. The minimum absolute atomic E-state index is 0.0378. The number of ether oxygens (including phenoxy) is 2. The van der Waals surface area contributed by atoms with Crippen molar-refractivity contribution in [1.82, 2.24) is 5.32 Å². The van der Waals surface area contributed by atoms with E-state index in [1.54, 1.807) is 0 Å². The van der Waals surface area contributed by atoms with Gasteiger partial charge in [-0.1, -0.05) is 12.1 Å². The van der Waals surface area contributed by atoms with Crippen molar-refractivity contribution >= 4 is 23.0 Å². The molecule has 2 aromatic rings. The fraction of sp³-hybridized carbons (Fsp3) is 0.381. The summed E-state index contributed by atoms with van der Waals surface area (Å²) in [4.78, 5) is 0. The van der Waals surface area contributed by atoms with E-state index in [4.69, 9.17) is 21.7 Å². The van der Waals surface area contributed by atoms with Crippen molar-refractivity contribution in [2.75, 3.05) is 18.5 Å². The zero-order valence-corrected chi connectivity index (χ0v) is 17.0. The van der Waals surface area contributed by atoms with Crippen molar-refractivity contribution in [2.45, 2.75) is 40.7 Å². The summed E-state index contributed by atoms with van der Waals surface area (Å²) in [5.41, 5.74) is 4.49. The number of aryl methyl sites for hydroxylation is 2. The first-order chi connectivity index (χ1) is 12.4. The Morgan fingerprint density at radius 3 is 2.19 bits per heavy atom. The largest absolute Gasteiger partial charge is 0.490 e. The molecule has 0 radical (unpaired) electrons. The molecule has 2 aromatic carbocycles. The van der Waals surface area contributed by atoms with Crippen LogP contribution in [0.1, 0.15) is 43.5 Å². The summed E-state index contributed by atoms with van der Waals surface area (Å²) in [6.07, 6.45) is 0. The Balaban J connectivity index is 2.07. The monoisotopic (exact) mass is 372 g/mol. The van der Waals surface area contributed by atoms with E-state index in [1.807, 2.05) is 32.0 Å². The summed E-state index contributed by atoms with van der Waals surface area (Å²) in [6.45, 7) is 11.4. The molecule has 0 aliphatic carbocycles. The van der Waals surface area contributed by atoms with E-state index in [2.05, 4.69) is 49.6 Å². The van der Waals surface area contributed by atoms with Crippen LogP contribution in [0.15, 0.2) is 36.4 Å². The Labute approximate surface area is 161 Å². The first-order valence-electron chi connectivity index (χ1n) is 8.98. The maximum Gasteiger partial charge on any atom is 0.171 e. The van der Waals surface area contributed by atoms with Crippen LogP contribution in [0.4, 0.5) is 5.69 Å². The van der Waals surface area contributed by atoms with E-state index in [1.165, 1.54) is 11.1 Å². The molecular weight excluding hydrogens is 344 g/mol. The van der Waals surface area contributed by atoms with Gasteiger partial charge >= 0.3 is 0 Å². The molecule has 2 N–H and O–H groups in total. The summed E-state index contributed by atoms with van der Waals surface area (Å²) < 4.78 is 11.3. The van der Waals surface area contributed by atoms with Crippen LogP contribution in [-0.4, -0.2) is 18.3 Å². The van der Waals surface area contributed by atoms with Crippen molar-refractivity contribution in [3.8, 4) is 11.5 Å². The van der Waals surface area contributed by atoms with E-state index in [0.717, 1.165) is 22.7 Å². The molecule has 0 fully saturated rings. The lowest BCUT2D eigenvalue weighted by molar-refractivity contribution is 0.287. The van der Waals surface area contributed by atoms with Gasteiger partial charge in [-0.3, -0.25) is 0 Å². The standard InChI is InChI=1S/C21H28N2O2S/c1-6-24-19-9-8-17(13-20(19)25-7-2)16(5)22-21(26)23-18-11-14(3)10-15(4)12-18/h8-13,16H,6-7H2,1-5H3,(H2,22,23,26). The van der Waals surface area contributed by atoms with Gasteiger partial charge in [0.25, 0.3) is 0 Å². The Morgan fingerprint density at radius 2 is 1.58 bits per heavy atom. The molecule has 0 spiro atoms. The molecule has 5 heteroatoms. The predicted octanol–water partition coefficient (Wildman–Crippen LogP) is 5.15. The number of rotatable bonds is 7. The summed E-state index contributed by atoms with van der Waals surface area (Å²) >= 11 is 5.47. The molecule has 4 nitrogen and oxygen atoms in total. The summed E-state index contributed by atoms with van der Waals surface area (Å²) in [7, 11) is 0. The highest BCUT2D eigenvalue weighted by molar-refractivity contribution is 7.80. The normalized spacial score (nSPS) is 11.6. The molecule has 26 heavy (non-hydrogen) atoms. The Kier molecular flexibility index (Phi) is 7.27. The number of hydrogen-bond acceptors (Lipinski definition) is 3. The lowest BCUT2D eigenvalue weighted by atomic mass is 10.1. The van der Waals surface area contributed by atoms with E-state index >= 15 is 0 Å². The number of anilines is 1. The van der Waals surface area contributed by atoms with E-state index in [-0.39, 0.29) is 6.04 Å². The van der Waals surface area contributed by atoms with Crippen molar-refractivity contribution in [2.24, 2.45) is 0 Å². The third-order valence-electron chi connectivity index (χ3n) is 3.89. The molecule has 0 aromatic heterocycles. The molecular formula is C21H28N2O2S. The van der Waals surface area contributed by atoms with E-state index in [9.17, 15) is 0 Å². The van der Waals surface area contributed by atoms with Crippen molar-refractivity contribution < 1.29 is 9.47 Å². The first kappa shape index (κ1) is 20.0. The third kappa shape index (κ3) is 5.63. The highest BCUT2D eigenvalue weighted by Gasteiger charge is 2.12. The van der Waals surface area contributed by atoms with Gasteiger partial charge in [0, 0.05) is 5.69 Å². The van der Waals surface area contributed by atoms with Gasteiger partial charge in [-0.2, -0.15) is 0 Å². The van der Waals surface area contributed by atoms with Crippen LogP contribution in [0, 0.1) is 13.8 Å². The molecule has 0 heterocycles. The van der Waals surface area contributed by atoms with Gasteiger partial charge in [-0.15, -0.1) is 0 Å². The summed E-state index contributed by atoms with van der Waals surface area (Å²) in [5.74, 6) is 1.52. The van der Waals surface area contributed by atoms with Gasteiger partial charge in [0.05, 0.1) is 19.3 Å². The quantitative estimate of drug-likeness (QED) is 0.658. The second-order valence-electron chi connectivity index (χ2n) is 6.27. The molecule has 1 unspecified atom stereocenters. The smallest absolute Gasteiger partial charge is 0.171 e. The van der Waals surface area contributed by atoms with Crippen molar-refractivity contribution in [3.05, 3.63) is 53.1 Å². The molecule has 140 valence electrons. The lowest BCUT2D eigenvalue weighted by Crippen LogP contribution is -2.31. The van der Waals surface area contributed by atoms with Gasteiger partial charge in [-0.25, -0.2) is 0 Å².